The Morgan fingerprint density at radius 2 is 1.80 bits per heavy atom. The predicted octanol–water partition coefficient (Wildman–Crippen LogP) is 2.59. The minimum atomic E-state index is -0.429. The number of rotatable bonds is 3. The second-order valence-electron chi connectivity index (χ2n) is 3.90. The van der Waals surface area contributed by atoms with Gasteiger partial charge in [-0.3, -0.25) is 4.79 Å². The zero-order valence-corrected chi connectivity index (χ0v) is 10.8. The summed E-state index contributed by atoms with van der Waals surface area (Å²) in [4.78, 5) is 14.9. The number of esters is 1. The molecule has 0 saturated carbocycles. The van der Waals surface area contributed by atoms with Crippen LogP contribution in [0.25, 0.3) is 0 Å². The van der Waals surface area contributed by atoms with Gasteiger partial charge in [0.25, 0.3) is 0 Å². The van der Waals surface area contributed by atoms with E-state index in [-0.39, 0.29) is 5.82 Å². The van der Waals surface area contributed by atoms with Gasteiger partial charge in [0.2, 0.25) is 0 Å². The number of ether oxygens (including phenoxy) is 1. The van der Waals surface area contributed by atoms with Crippen LogP contribution in [0.2, 0.25) is 0 Å². The molecule has 1 heterocycles. The number of para-hydroxylation sites is 1. The van der Waals surface area contributed by atoms with Gasteiger partial charge in [-0.05, 0) is 24.3 Å². The fourth-order valence-electron chi connectivity index (χ4n) is 1.46. The Hall–Kier alpha value is -2.96. The van der Waals surface area contributed by atoms with Crippen LogP contribution in [0.4, 0.5) is 23.0 Å². The minimum Gasteiger partial charge on any atom is -0.424 e. The Morgan fingerprint density at radius 1 is 1.10 bits per heavy atom. The van der Waals surface area contributed by atoms with Gasteiger partial charge in [-0.25, -0.2) is 4.98 Å². The molecule has 7 nitrogen and oxygen atoms in total. The van der Waals surface area contributed by atoms with E-state index in [0.717, 1.165) is 0 Å². The highest BCUT2D eigenvalue weighted by Gasteiger charge is 2.05. The smallest absolute Gasteiger partial charge is 0.308 e. The lowest BCUT2D eigenvalue weighted by molar-refractivity contribution is -0.131. The number of azo groups is 1. The van der Waals surface area contributed by atoms with Crippen LogP contribution in [-0.4, -0.2) is 11.0 Å². The Morgan fingerprint density at radius 3 is 2.50 bits per heavy atom. The molecule has 0 spiro atoms. The maximum absolute atomic E-state index is 11.0. The minimum absolute atomic E-state index is 0.179. The molecule has 0 amide bonds. The molecule has 102 valence electrons. The van der Waals surface area contributed by atoms with Gasteiger partial charge in [0.1, 0.15) is 17.2 Å². The van der Waals surface area contributed by atoms with Crippen molar-refractivity contribution in [1.82, 2.24) is 4.98 Å². The molecular weight excluding hydrogens is 258 g/mol. The van der Waals surface area contributed by atoms with E-state index in [1.807, 2.05) is 0 Å². The summed E-state index contributed by atoms with van der Waals surface area (Å²) < 4.78 is 5.02. The second kappa shape index (κ2) is 5.79. The molecule has 0 saturated heterocycles. The maximum Gasteiger partial charge on any atom is 0.308 e. The maximum atomic E-state index is 11.0. The third-order valence-electron chi connectivity index (χ3n) is 2.31. The molecule has 1 aromatic carbocycles. The van der Waals surface area contributed by atoms with Gasteiger partial charge in [-0.15, -0.1) is 10.2 Å². The predicted molar refractivity (Wildman–Crippen MR) is 75.0 cm³/mol. The lowest BCUT2D eigenvalue weighted by atomic mass is 10.3. The summed E-state index contributed by atoms with van der Waals surface area (Å²) in [7, 11) is 0. The van der Waals surface area contributed by atoms with Gasteiger partial charge in [0.05, 0.1) is 0 Å². The first-order chi connectivity index (χ1) is 9.56. The van der Waals surface area contributed by atoms with E-state index in [9.17, 15) is 4.79 Å². The summed E-state index contributed by atoms with van der Waals surface area (Å²) in [6.45, 7) is 1.32. The second-order valence-corrected chi connectivity index (χ2v) is 3.90. The number of nitrogens with two attached hydrogens (primary N) is 2. The highest BCUT2D eigenvalue weighted by molar-refractivity contribution is 5.71. The van der Waals surface area contributed by atoms with Crippen molar-refractivity contribution >= 4 is 29.0 Å². The Bertz CT molecular complexity index is 670. The van der Waals surface area contributed by atoms with Gasteiger partial charge in [-0.2, -0.15) is 0 Å². The molecule has 2 rings (SSSR count). The van der Waals surface area contributed by atoms with Crippen LogP contribution in [0.3, 0.4) is 0 Å². The number of benzene rings is 1. The van der Waals surface area contributed by atoms with E-state index in [1.54, 1.807) is 36.4 Å². The SMILES string of the molecule is CC(=O)Oc1ccccc1N=Nc1ccc(N)nc1N. The topological polar surface area (TPSA) is 116 Å². The van der Waals surface area contributed by atoms with Crippen molar-refractivity contribution in [1.29, 1.82) is 0 Å². The number of nitrogen functional groups attached to an aromatic ring is 2. The van der Waals surface area contributed by atoms with Crippen molar-refractivity contribution in [2.24, 2.45) is 10.2 Å². The van der Waals surface area contributed by atoms with E-state index >= 15 is 0 Å². The number of nitrogens with zero attached hydrogens (tertiary/aromatic N) is 3. The summed E-state index contributed by atoms with van der Waals surface area (Å²) >= 11 is 0. The molecule has 1 aromatic heterocycles. The van der Waals surface area contributed by atoms with E-state index in [2.05, 4.69) is 15.2 Å². The van der Waals surface area contributed by atoms with Crippen molar-refractivity contribution in [3.05, 3.63) is 36.4 Å². The third-order valence-corrected chi connectivity index (χ3v) is 2.31. The average molecular weight is 271 g/mol. The standard InChI is InChI=1S/C13H13N5O2/c1-8(19)20-11-5-3-2-4-9(11)17-18-10-6-7-12(14)16-13(10)15/h2-7H,1H3,(H4,14,15,16). The first kappa shape index (κ1) is 13.5. The molecule has 0 aliphatic rings. The summed E-state index contributed by atoms with van der Waals surface area (Å²) in [5.41, 5.74) is 12.0. The Kier molecular flexibility index (Phi) is 3.90. The normalized spacial score (nSPS) is 10.7. The van der Waals surface area contributed by atoms with Gasteiger partial charge in [0.15, 0.2) is 11.6 Å². The van der Waals surface area contributed by atoms with E-state index in [1.165, 1.54) is 6.92 Å². The fourth-order valence-corrected chi connectivity index (χ4v) is 1.46. The first-order valence-corrected chi connectivity index (χ1v) is 5.77. The summed E-state index contributed by atoms with van der Waals surface area (Å²) in [6, 6.07) is 9.96. The Labute approximate surface area is 115 Å². The molecule has 2 aromatic rings. The molecule has 0 atom stereocenters. The van der Waals surface area contributed by atoms with Gasteiger partial charge < -0.3 is 16.2 Å². The van der Waals surface area contributed by atoms with E-state index < -0.39 is 5.97 Å². The first-order valence-electron chi connectivity index (χ1n) is 5.77. The quantitative estimate of drug-likeness (QED) is 0.505. The largest absolute Gasteiger partial charge is 0.424 e. The van der Waals surface area contributed by atoms with Gasteiger partial charge in [-0.1, -0.05) is 12.1 Å². The number of anilines is 2. The van der Waals surface area contributed by atoms with Crippen LogP contribution >= 0.6 is 0 Å². The molecule has 0 aliphatic carbocycles. The molecule has 0 bridgehead atoms. The van der Waals surface area contributed by atoms with Crippen LogP contribution in [0.15, 0.2) is 46.6 Å². The van der Waals surface area contributed by atoms with Crippen LogP contribution in [-0.2, 0) is 4.79 Å². The van der Waals surface area contributed by atoms with E-state index in [0.29, 0.717) is 22.9 Å². The van der Waals surface area contributed by atoms with Crippen molar-refractivity contribution in [2.45, 2.75) is 6.92 Å². The molecule has 20 heavy (non-hydrogen) atoms. The Balaban J connectivity index is 2.29. The van der Waals surface area contributed by atoms with E-state index in [4.69, 9.17) is 16.2 Å². The van der Waals surface area contributed by atoms with Crippen molar-refractivity contribution in [2.75, 3.05) is 11.5 Å². The summed E-state index contributed by atoms with van der Waals surface area (Å²) in [5.74, 6) is 0.382. The molecule has 0 aliphatic heterocycles. The summed E-state index contributed by atoms with van der Waals surface area (Å²) in [5, 5.41) is 7.98. The zero-order chi connectivity index (χ0) is 14.5. The molecule has 0 unspecified atom stereocenters. The van der Waals surface area contributed by atoms with Crippen molar-refractivity contribution in [3.8, 4) is 5.75 Å². The number of aromatic nitrogens is 1. The van der Waals surface area contributed by atoms with Crippen LogP contribution in [0, 0.1) is 0 Å². The molecule has 7 heteroatoms. The molecule has 0 fully saturated rings. The fraction of sp³-hybridized carbons (Fsp3) is 0.0769. The zero-order valence-electron chi connectivity index (χ0n) is 10.8. The molecule has 0 radical (unpaired) electrons. The highest BCUT2D eigenvalue weighted by Crippen LogP contribution is 2.30. The number of carbonyl (C=O) groups is 1. The average Bonchev–Trinajstić information content (AvgIpc) is 2.39. The number of pyridine rings is 1. The molecular formula is C13H13N5O2. The van der Waals surface area contributed by atoms with Crippen LogP contribution in [0.5, 0.6) is 5.75 Å². The monoisotopic (exact) mass is 271 g/mol. The third kappa shape index (κ3) is 3.29. The van der Waals surface area contributed by atoms with Gasteiger partial charge >= 0.3 is 5.97 Å². The summed E-state index contributed by atoms with van der Waals surface area (Å²) in [6.07, 6.45) is 0. The van der Waals surface area contributed by atoms with Crippen molar-refractivity contribution in [3.63, 3.8) is 0 Å². The number of hydrogen-bond acceptors (Lipinski definition) is 7. The van der Waals surface area contributed by atoms with Crippen LogP contribution < -0.4 is 16.2 Å². The van der Waals surface area contributed by atoms with Crippen LogP contribution in [0.1, 0.15) is 6.92 Å². The number of carbonyl (C=O) groups excluding carboxylic acids is 1. The molecule has 4 N–H and O–H groups in total. The lowest BCUT2D eigenvalue weighted by Gasteiger charge is -2.03. The lowest BCUT2D eigenvalue weighted by Crippen LogP contribution is -2.01. The number of hydrogen-bond donors (Lipinski definition) is 2. The van der Waals surface area contributed by atoms with Crippen molar-refractivity contribution < 1.29 is 9.53 Å². The highest BCUT2D eigenvalue weighted by atomic mass is 16.5. The van der Waals surface area contributed by atoms with Gasteiger partial charge in [0, 0.05) is 6.92 Å².